The molecule has 0 fully saturated rings. The van der Waals surface area contributed by atoms with Crippen LogP contribution in [0.1, 0.15) is 30.9 Å². The molecule has 0 saturated heterocycles. The summed E-state index contributed by atoms with van der Waals surface area (Å²) in [4.78, 5) is 10.5. The standard InChI is InChI=1S/C15H17Cl2N3/c1-10(2)13-14(17)18-9-19-15(13)20(3)8-11-6-4-5-7-12(11)16/h4-7,9-10H,8H2,1-3H3. The zero-order valence-electron chi connectivity index (χ0n) is 11.8. The van der Waals surface area contributed by atoms with Gasteiger partial charge in [-0.25, -0.2) is 9.97 Å². The summed E-state index contributed by atoms with van der Waals surface area (Å²) in [6.07, 6.45) is 1.49. The van der Waals surface area contributed by atoms with Crippen molar-refractivity contribution in [2.24, 2.45) is 0 Å². The molecule has 1 heterocycles. The van der Waals surface area contributed by atoms with Crippen molar-refractivity contribution in [1.29, 1.82) is 0 Å². The Hall–Kier alpha value is -1.32. The van der Waals surface area contributed by atoms with Gasteiger partial charge < -0.3 is 4.90 Å². The molecule has 0 aliphatic rings. The van der Waals surface area contributed by atoms with E-state index >= 15 is 0 Å². The van der Waals surface area contributed by atoms with Gasteiger partial charge in [0.1, 0.15) is 17.3 Å². The summed E-state index contributed by atoms with van der Waals surface area (Å²) in [7, 11) is 1.98. The van der Waals surface area contributed by atoms with Crippen molar-refractivity contribution in [2.45, 2.75) is 26.3 Å². The average molecular weight is 310 g/mol. The van der Waals surface area contributed by atoms with E-state index in [9.17, 15) is 0 Å². The molecule has 20 heavy (non-hydrogen) atoms. The third kappa shape index (κ3) is 3.22. The van der Waals surface area contributed by atoms with Gasteiger partial charge in [0.05, 0.1) is 0 Å². The number of hydrogen-bond donors (Lipinski definition) is 0. The number of hydrogen-bond acceptors (Lipinski definition) is 3. The summed E-state index contributed by atoms with van der Waals surface area (Å²) in [5, 5.41) is 1.27. The molecule has 5 heteroatoms. The number of anilines is 1. The quantitative estimate of drug-likeness (QED) is 0.776. The molecule has 2 aromatic rings. The van der Waals surface area contributed by atoms with Crippen LogP contribution in [-0.4, -0.2) is 17.0 Å². The fourth-order valence-corrected chi connectivity index (χ4v) is 2.67. The van der Waals surface area contributed by atoms with Crippen LogP contribution in [0.15, 0.2) is 30.6 Å². The Morgan fingerprint density at radius 1 is 1.15 bits per heavy atom. The largest absolute Gasteiger partial charge is 0.355 e. The Labute approximate surface area is 129 Å². The first-order chi connectivity index (χ1) is 9.50. The van der Waals surface area contributed by atoms with Gasteiger partial charge in [0.25, 0.3) is 0 Å². The molecule has 1 aromatic carbocycles. The van der Waals surface area contributed by atoms with Crippen molar-refractivity contribution in [3.63, 3.8) is 0 Å². The monoisotopic (exact) mass is 309 g/mol. The number of aromatic nitrogens is 2. The third-order valence-electron chi connectivity index (χ3n) is 3.12. The van der Waals surface area contributed by atoms with Gasteiger partial charge in [0, 0.05) is 24.2 Å². The topological polar surface area (TPSA) is 29.0 Å². The molecular weight excluding hydrogens is 293 g/mol. The molecule has 0 unspecified atom stereocenters. The minimum Gasteiger partial charge on any atom is -0.355 e. The van der Waals surface area contributed by atoms with Crippen LogP contribution in [0.4, 0.5) is 5.82 Å². The number of benzene rings is 1. The SMILES string of the molecule is CC(C)c1c(Cl)ncnc1N(C)Cc1ccccc1Cl. The van der Waals surface area contributed by atoms with E-state index in [1.54, 1.807) is 0 Å². The average Bonchev–Trinajstić information content (AvgIpc) is 2.40. The van der Waals surface area contributed by atoms with Crippen molar-refractivity contribution < 1.29 is 0 Å². The number of rotatable bonds is 4. The third-order valence-corrected chi connectivity index (χ3v) is 3.79. The zero-order chi connectivity index (χ0) is 14.7. The van der Waals surface area contributed by atoms with Crippen molar-refractivity contribution in [3.8, 4) is 0 Å². The van der Waals surface area contributed by atoms with Crippen LogP contribution in [0.25, 0.3) is 0 Å². The van der Waals surface area contributed by atoms with Crippen molar-refractivity contribution in [1.82, 2.24) is 9.97 Å². The minimum atomic E-state index is 0.257. The molecule has 2 rings (SSSR count). The highest BCUT2D eigenvalue weighted by Gasteiger charge is 2.17. The molecule has 0 spiro atoms. The van der Waals surface area contributed by atoms with E-state index in [1.807, 2.05) is 36.2 Å². The molecule has 3 nitrogen and oxygen atoms in total. The number of halogens is 2. The fraction of sp³-hybridized carbons (Fsp3) is 0.333. The second kappa shape index (κ2) is 6.42. The first-order valence-corrected chi connectivity index (χ1v) is 7.21. The van der Waals surface area contributed by atoms with E-state index in [-0.39, 0.29) is 5.92 Å². The van der Waals surface area contributed by atoms with Gasteiger partial charge in [0.2, 0.25) is 0 Å². The van der Waals surface area contributed by atoms with E-state index < -0.39 is 0 Å². The normalized spacial score (nSPS) is 10.9. The van der Waals surface area contributed by atoms with Crippen molar-refractivity contribution in [3.05, 3.63) is 51.9 Å². The maximum absolute atomic E-state index is 6.20. The lowest BCUT2D eigenvalue weighted by Crippen LogP contribution is -2.20. The van der Waals surface area contributed by atoms with Crippen molar-refractivity contribution in [2.75, 3.05) is 11.9 Å². The van der Waals surface area contributed by atoms with Crippen LogP contribution in [0.2, 0.25) is 10.2 Å². The maximum Gasteiger partial charge on any atom is 0.138 e. The van der Waals surface area contributed by atoms with E-state index in [2.05, 4.69) is 23.8 Å². The second-order valence-corrected chi connectivity index (χ2v) is 5.77. The Kier molecular flexibility index (Phi) is 4.84. The van der Waals surface area contributed by atoms with E-state index in [1.165, 1.54) is 6.33 Å². The predicted octanol–water partition coefficient (Wildman–Crippen LogP) is 4.54. The molecule has 0 amide bonds. The highest BCUT2D eigenvalue weighted by atomic mass is 35.5. The van der Waals surface area contributed by atoms with Gasteiger partial charge in [-0.15, -0.1) is 0 Å². The van der Waals surface area contributed by atoms with Gasteiger partial charge in [-0.3, -0.25) is 0 Å². The van der Waals surface area contributed by atoms with Crippen LogP contribution >= 0.6 is 23.2 Å². The van der Waals surface area contributed by atoms with Gasteiger partial charge >= 0.3 is 0 Å². The maximum atomic E-state index is 6.20. The first kappa shape index (κ1) is 15.1. The molecule has 0 aliphatic heterocycles. The lowest BCUT2D eigenvalue weighted by Gasteiger charge is -2.23. The Bertz CT molecular complexity index is 599. The Morgan fingerprint density at radius 3 is 2.50 bits per heavy atom. The van der Waals surface area contributed by atoms with Crippen LogP contribution in [0, 0.1) is 0 Å². The van der Waals surface area contributed by atoms with E-state index in [4.69, 9.17) is 23.2 Å². The van der Waals surface area contributed by atoms with Gasteiger partial charge in [-0.05, 0) is 17.5 Å². The molecular formula is C15H17Cl2N3. The van der Waals surface area contributed by atoms with Gasteiger partial charge in [-0.1, -0.05) is 55.2 Å². The molecule has 0 saturated carbocycles. The molecule has 0 radical (unpaired) electrons. The summed E-state index contributed by atoms with van der Waals surface area (Å²) in [6, 6.07) is 7.80. The number of nitrogens with zero attached hydrogens (tertiary/aromatic N) is 3. The van der Waals surface area contributed by atoms with Crippen molar-refractivity contribution >= 4 is 29.0 Å². The molecule has 106 valence electrons. The van der Waals surface area contributed by atoms with E-state index in [0.717, 1.165) is 22.0 Å². The summed E-state index contributed by atoms with van der Waals surface area (Å²) in [5.41, 5.74) is 2.02. The highest BCUT2D eigenvalue weighted by Crippen LogP contribution is 2.31. The first-order valence-electron chi connectivity index (χ1n) is 6.45. The lowest BCUT2D eigenvalue weighted by atomic mass is 10.1. The van der Waals surface area contributed by atoms with Crippen LogP contribution < -0.4 is 4.90 Å². The fourth-order valence-electron chi connectivity index (χ4n) is 2.12. The Balaban J connectivity index is 2.33. The zero-order valence-corrected chi connectivity index (χ0v) is 13.3. The molecule has 0 bridgehead atoms. The summed E-state index contributed by atoms with van der Waals surface area (Å²) >= 11 is 12.4. The lowest BCUT2D eigenvalue weighted by molar-refractivity contribution is 0.808. The smallest absolute Gasteiger partial charge is 0.138 e. The molecule has 1 aromatic heterocycles. The summed E-state index contributed by atoms with van der Waals surface area (Å²) in [5.74, 6) is 1.10. The highest BCUT2D eigenvalue weighted by molar-refractivity contribution is 6.31. The molecule has 0 aliphatic carbocycles. The predicted molar refractivity (Wildman–Crippen MR) is 84.7 cm³/mol. The van der Waals surface area contributed by atoms with E-state index in [0.29, 0.717) is 11.7 Å². The summed E-state index contributed by atoms with van der Waals surface area (Å²) < 4.78 is 0. The second-order valence-electron chi connectivity index (χ2n) is 5.00. The minimum absolute atomic E-state index is 0.257. The van der Waals surface area contributed by atoms with Gasteiger partial charge in [0.15, 0.2) is 0 Å². The summed E-state index contributed by atoms with van der Waals surface area (Å²) in [6.45, 7) is 4.83. The van der Waals surface area contributed by atoms with Crippen LogP contribution in [-0.2, 0) is 6.54 Å². The molecule has 0 N–H and O–H groups in total. The van der Waals surface area contributed by atoms with Gasteiger partial charge in [-0.2, -0.15) is 0 Å². The van der Waals surface area contributed by atoms with Crippen LogP contribution in [0.3, 0.4) is 0 Å². The van der Waals surface area contributed by atoms with Crippen LogP contribution in [0.5, 0.6) is 0 Å². The Morgan fingerprint density at radius 2 is 1.85 bits per heavy atom. The molecule has 0 atom stereocenters.